The molecule has 1 amide bonds. The highest BCUT2D eigenvalue weighted by molar-refractivity contribution is 9.10. The van der Waals surface area contributed by atoms with Gasteiger partial charge in [-0.15, -0.1) is 0 Å². The maximum atomic E-state index is 12.9. The number of alkyl halides is 3. The summed E-state index contributed by atoms with van der Waals surface area (Å²) in [7, 11) is 0. The number of nitrogens with zero attached hydrogens (tertiary/aromatic N) is 4. The Bertz CT molecular complexity index is 784. The number of carbonyl (C=O) groups excluding carboxylic acids is 1. The number of aromatic nitrogens is 4. The summed E-state index contributed by atoms with van der Waals surface area (Å²) in [5.74, 6) is -0.442. The number of rotatable bonds is 5. The van der Waals surface area contributed by atoms with Gasteiger partial charge in [0.15, 0.2) is 5.69 Å². The van der Waals surface area contributed by atoms with E-state index in [1.165, 1.54) is 13.8 Å². The number of hydrogen-bond acceptors (Lipinski definition) is 3. The normalized spacial score (nSPS) is 13.1. The lowest BCUT2D eigenvalue weighted by molar-refractivity contribution is -0.142. The molecule has 2 heterocycles. The highest BCUT2D eigenvalue weighted by atomic mass is 79.9. The van der Waals surface area contributed by atoms with Gasteiger partial charge in [-0.2, -0.15) is 23.4 Å². The lowest BCUT2D eigenvalue weighted by Crippen LogP contribution is -2.32. The van der Waals surface area contributed by atoms with Crippen molar-refractivity contribution in [3.63, 3.8) is 0 Å². The first-order chi connectivity index (χ1) is 11.6. The van der Waals surface area contributed by atoms with Crippen molar-refractivity contribution in [3.05, 3.63) is 32.2 Å². The van der Waals surface area contributed by atoms with Crippen molar-refractivity contribution < 1.29 is 18.0 Å². The summed E-state index contributed by atoms with van der Waals surface area (Å²) < 4.78 is 42.2. The van der Waals surface area contributed by atoms with Crippen LogP contribution in [0.4, 0.5) is 13.2 Å². The van der Waals surface area contributed by atoms with Gasteiger partial charge in [0.05, 0.1) is 33.1 Å². The highest BCUT2D eigenvalue weighted by Gasteiger charge is 2.38. The maximum Gasteiger partial charge on any atom is 0.436 e. The second-order valence-corrected chi connectivity index (χ2v) is 6.99. The lowest BCUT2D eigenvalue weighted by Gasteiger charge is -2.15. The van der Waals surface area contributed by atoms with Crippen LogP contribution in [-0.4, -0.2) is 25.5 Å². The van der Waals surface area contributed by atoms with E-state index in [0.29, 0.717) is 6.54 Å². The molecule has 1 atom stereocenters. The van der Waals surface area contributed by atoms with E-state index in [4.69, 9.17) is 0 Å². The van der Waals surface area contributed by atoms with Crippen LogP contribution >= 0.6 is 31.9 Å². The summed E-state index contributed by atoms with van der Waals surface area (Å²) in [5.41, 5.74) is -0.0383. The molecule has 0 aliphatic heterocycles. The Labute approximate surface area is 159 Å². The van der Waals surface area contributed by atoms with E-state index in [1.807, 2.05) is 6.92 Å². The third-order valence-electron chi connectivity index (χ3n) is 3.72. The molecule has 2 aromatic rings. The summed E-state index contributed by atoms with van der Waals surface area (Å²) in [6, 6.07) is -0.899. The Morgan fingerprint density at radius 3 is 2.56 bits per heavy atom. The van der Waals surface area contributed by atoms with E-state index in [0.717, 1.165) is 14.8 Å². The van der Waals surface area contributed by atoms with Gasteiger partial charge in [-0.05, 0) is 52.6 Å². The molecule has 6 nitrogen and oxygen atoms in total. The predicted molar refractivity (Wildman–Crippen MR) is 91.8 cm³/mol. The van der Waals surface area contributed by atoms with Gasteiger partial charge in [0.25, 0.3) is 0 Å². The van der Waals surface area contributed by atoms with Crippen molar-refractivity contribution in [2.45, 2.75) is 46.1 Å². The molecular formula is C14H16Br2F3N5O. The van der Waals surface area contributed by atoms with Crippen LogP contribution in [0.3, 0.4) is 0 Å². The number of hydrogen-bond donors (Lipinski definition) is 1. The van der Waals surface area contributed by atoms with Gasteiger partial charge in [0, 0.05) is 6.54 Å². The van der Waals surface area contributed by atoms with Crippen LogP contribution in [0.5, 0.6) is 0 Å². The van der Waals surface area contributed by atoms with Crippen LogP contribution in [0, 0.1) is 6.92 Å². The summed E-state index contributed by atoms with van der Waals surface area (Å²) in [6.45, 7) is 5.71. The minimum atomic E-state index is -4.59. The molecule has 0 aliphatic carbocycles. The fraction of sp³-hybridized carbons (Fsp3) is 0.500. The largest absolute Gasteiger partial charge is 0.436 e. The molecule has 0 bridgehead atoms. The maximum absolute atomic E-state index is 12.9. The Morgan fingerprint density at radius 2 is 2.04 bits per heavy atom. The molecule has 25 heavy (non-hydrogen) atoms. The molecule has 0 radical (unpaired) electrons. The summed E-state index contributed by atoms with van der Waals surface area (Å²) in [4.78, 5) is 12.4. The predicted octanol–water partition coefficient (Wildman–Crippen LogP) is 3.83. The Morgan fingerprint density at radius 1 is 1.40 bits per heavy atom. The number of carbonyl (C=O) groups is 1. The van der Waals surface area contributed by atoms with Crippen molar-refractivity contribution in [2.75, 3.05) is 0 Å². The molecule has 0 aromatic carbocycles. The monoisotopic (exact) mass is 485 g/mol. The quantitative estimate of drug-likeness (QED) is 0.698. The van der Waals surface area contributed by atoms with E-state index >= 15 is 0 Å². The van der Waals surface area contributed by atoms with Crippen LogP contribution in [0.15, 0.2) is 15.1 Å². The molecule has 2 aromatic heterocycles. The third-order valence-corrected chi connectivity index (χ3v) is 5.33. The minimum Gasteiger partial charge on any atom is -0.349 e. The van der Waals surface area contributed by atoms with Gasteiger partial charge in [0.1, 0.15) is 6.04 Å². The van der Waals surface area contributed by atoms with E-state index < -0.39 is 23.8 Å². The zero-order chi connectivity index (χ0) is 18.9. The molecule has 0 aliphatic rings. The molecule has 1 unspecified atom stereocenters. The standard InChI is InChI=1S/C14H16Br2F3N5O/c1-4-23-10(9(15)5-21-23)6-20-13(25)8(3)24-7(2)11(16)12(22-24)14(17,18)19/h5,8H,4,6H2,1-3H3,(H,20,25). The average molecular weight is 487 g/mol. The highest BCUT2D eigenvalue weighted by Crippen LogP contribution is 2.36. The van der Waals surface area contributed by atoms with Gasteiger partial charge in [-0.25, -0.2) is 0 Å². The molecule has 0 fully saturated rings. The third kappa shape index (κ3) is 4.08. The summed E-state index contributed by atoms with van der Waals surface area (Å²) in [5, 5.41) is 10.4. The number of amides is 1. The molecule has 0 spiro atoms. The van der Waals surface area contributed by atoms with Crippen molar-refractivity contribution in [1.82, 2.24) is 24.9 Å². The first kappa shape index (κ1) is 20.0. The van der Waals surface area contributed by atoms with E-state index in [2.05, 4.69) is 47.4 Å². The molecule has 138 valence electrons. The van der Waals surface area contributed by atoms with Gasteiger partial charge < -0.3 is 5.32 Å². The van der Waals surface area contributed by atoms with Gasteiger partial charge in [-0.1, -0.05) is 0 Å². The van der Waals surface area contributed by atoms with E-state index in [-0.39, 0.29) is 16.7 Å². The molecule has 0 saturated carbocycles. The van der Waals surface area contributed by atoms with Crippen LogP contribution in [0.25, 0.3) is 0 Å². The van der Waals surface area contributed by atoms with Crippen LogP contribution in [0.1, 0.15) is 37.0 Å². The fourth-order valence-electron chi connectivity index (χ4n) is 2.32. The molecule has 0 saturated heterocycles. The molecule has 2 rings (SSSR count). The van der Waals surface area contributed by atoms with Crippen LogP contribution in [0.2, 0.25) is 0 Å². The number of halogens is 5. The van der Waals surface area contributed by atoms with Crippen LogP contribution < -0.4 is 5.32 Å². The smallest absolute Gasteiger partial charge is 0.349 e. The zero-order valence-corrected chi connectivity index (χ0v) is 16.8. The first-order valence-electron chi connectivity index (χ1n) is 7.37. The first-order valence-corrected chi connectivity index (χ1v) is 8.96. The zero-order valence-electron chi connectivity index (χ0n) is 13.7. The van der Waals surface area contributed by atoms with Crippen LogP contribution in [-0.2, 0) is 24.1 Å². The SMILES string of the molecule is CCn1ncc(Br)c1CNC(=O)C(C)n1nc(C(F)(F)F)c(Br)c1C. The Hall–Kier alpha value is -1.36. The average Bonchev–Trinajstić information content (AvgIpc) is 3.04. The van der Waals surface area contributed by atoms with Gasteiger partial charge >= 0.3 is 6.18 Å². The summed E-state index contributed by atoms with van der Waals surface area (Å²) in [6.07, 6.45) is -2.97. The Balaban J connectivity index is 2.17. The number of nitrogens with one attached hydrogen (secondary N) is 1. The summed E-state index contributed by atoms with van der Waals surface area (Å²) >= 11 is 6.25. The second kappa shape index (κ2) is 7.48. The van der Waals surface area contributed by atoms with E-state index in [9.17, 15) is 18.0 Å². The molecule has 1 N–H and O–H groups in total. The van der Waals surface area contributed by atoms with Gasteiger partial charge in [0.2, 0.25) is 5.91 Å². The van der Waals surface area contributed by atoms with Crippen molar-refractivity contribution in [1.29, 1.82) is 0 Å². The van der Waals surface area contributed by atoms with Gasteiger partial charge in [-0.3, -0.25) is 14.2 Å². The van der Waals surface area contributed by atoms with Crippen molar-refractivity contribution in [2.24, 2.45) is 0 Å². The van der Waals surface area contributed by atoms with Crippen molar-refractivity contribution >= 4 is 37.8 Å². The minimum absolute atomic E-state index is 0.161. The lowest BCUT2D eigenvalue weighted by atomic mass is 10.3. The molecule has 11 heteroatoms. The topological polar surface area (TPSA) is 64.7 Å². The van der Waals surface area contributed by atoms with E-state index in [1.54, 1.807) is 10.9 Å². The molecular weight excluding hydrogens is 471 g/mol. The van der Waals surface area contributed by atoms with Crippen molar-refractivity contribution in [3.8, 4) is 0 Å². The fourth-order valence-corrected chi connectivity index (χ4v) is 3.24. The Kier molecular flexibility index (Phi) is 5.97. The second-order valence-electron chi connectivity index (χ2n) is 5.34. The number of aryl methyl sites for hydroxylation is 1.